The van der Waals surface area contributed by atoms with Crippen LogP contribution in [-0.4, -0.2) is 62.4 Å². The fourth-order valence-corrected chi connectivity index (χ4v) is 5.38. The first-order chi connectivity index (χ1) is 17.9. The van der Waals surface area contributed by atoms with Crippen molar-refractivity contribution in [1.29, 1.82) is 0 Å². The van der Waals surface area contributed by atoms with Crippen LogP contribution in [0, 0.1) is 5.92 Å². The van der Waals surface area contributed by atoms with Gasteiger partial charge >= 0.3 is 0 Å². The second kappa shape index (κ2) is 10.2. The molecule has 3 N–H and O–H groups in total. The lowest BCUT2D eigenvalue weighted by Gasteiger charge is -2.37. The zero-order chi connectivity index (χ0) is 26.3. The normalized spacial score (nSPS) is 20.9. The lowest BCUT2D eigenvalue weighted by atomic mass is 9.98. The Kier molecular flexibility index (Phi) is 6.96. The van der Waals surface area contributed by atoms with Crippen LogP contribution >= 0.6 is 0 Å². The average Bonchev–Trinajstić information content (AvgIpc) is 3.60. The van der Waals surface area contributed by atoms with Gasteiger partial charge in [-0.2, -0.15) is 0 Å². The van der Waals surface area contributed by atoms with Crippen molar-refractivity contribution in [2.45, 2.75) is 51.2 Å². The van der Waals surface area contributed by atoms with Crippen molar-refractivity contribution in [3.63, 3.8) is 0 Å². The Morgan fingerprint density at radius 1 is 1.27 bits per heavy atom. The molecule has 0 bridgehead atoms. The van der Waals surface area contributed by atoms with E-state index in [4.69, 9.17) is 15.5 Å². The molecule has 3 heterocycles. The number of ether oxygens (including phenoxy) is 1. The first-order valence-electron chi connectivity index (χ1n) is 13.1. The van der Waals surface area contributed by atoms with Gasteiger partial charge in [0.05, 0.1) is 31.0 Å². The van der Waals surface area contributed by atoms with Gasteiger partial charge < -0.3 is 29.6 Å². The van der Waals surface area contributed by atoms with Gasteiger partial charge in [0.25, 0.3) is 5.91 Å². The number of aliphatic hydroxyl groups excluding tert-OH is 1. The Hall–Kier alpha value is -3.36. The predicted octanol–water partition coefficient (Wildman–Crippen LogP) is 2.15. The van der Waals surface area contributed by atoms with Gasteiger partial charge in [-0.25, -0.2) is 4.98 Å². The number of likely N-dealkylation sites (tertiary alicyclic amines) is 1. The van der Waals surface area contributed by atoms with Gasteiger partial charge in [0.2, 0.25) is 0 Å². The van der Waals surface area contributed by atoms with Gasteiger partial charge in [0.15, 0.2) is 5.82 Å². The molecule has 8 heteroatoms. The van der Waals surface area contributed by atoms with Crippen LogP contribution < -0.4 is 21.0 Å². The number of allylic oxidation sites excluding steroid dienone is 2. The summed E-state index contributed by atoms with van der Waals surface area (Å²) in [6, 6.07) is 5.41. The van der Waals surface area contributed by atoms with E-state index in [1.165, 1.54) is 12.8 Å². The second-order valence-corrected chi connectivity index (χ2v) is 10.4. The molecule has 1 unspecified atom stereocenters. The van der Waals surface area contributed by atoms with E-state index in [-0.39, 0.29) is 24.6 Å². The molecule has 196 valence electrons. The van der Waals surface area contributed by atoms with Crippen LogP contribution in [0.1, 0.15) is 43.0 Å². The molecule has 2 aliphatic rings. The molecule has 1 saturated heterocycles. The number of carbonyl (C=O) groups is 1. The standard InChI is InChI=1S/C29H37N5O3/c1-5-6-7-20-13-25(33(18(20)2)15-19-8-9-19)28-31-24-12-21(14-26(37-4)27(24)32(28)3)29(36)34-16-22(30)10-11-23(34)17-35/h5-7,12-14,19,22-23,35H,2,8-11,15-17,30H2,1,3-4H3/b6-5-,20-7-/t22-,23?/m0/s1. The maximum atomic E-state index is 13.6. The molecule has 1 aliphatic carbocycles. The van der Waals surface area contributed by atoms with Gasteiger partial charge in [-0.05, 0) is 61.9 Å². The quantitative estimate of drug-likeness (QED) is 0.515. The van der Waals surface area contributed by atoms with Gasteiger partial charge in [-0.15, -0.1) is 0 Å². The Labute approximate surface area is 217 Å². The van der Waals surface area contributed by atoms with Crippen molar-refractivity contribution < 1.29 is 14.6 Å². The smallest absolute Gasteiger partial charge is 0.254 e. The van der Waals surface area contributed by atoms with Gasteiger partial charge in [-0.1, -0.05) is 24.8 Å². The van der Waals surface area contributed by atoms with E-state index in [0.717, 1.165) is 40.6 Å². The van der Waals surface area contributed by atoms with Crippen molar-refractivity contribution in [2.24, 2.45) is 18.7 Å². The summed E-state index contributed by atoms with van der Waals surface area (Å²) in [5.41, 5.74) is 9.16. The third kappa shape index (κ3) is 4.71. The van der Waals surface area contributed by atoms with Crippen molar-refractivity contribution in [3.05, 3.63) is 46.5 Å². The molecule has 37 heavy (non-hydrogen) atoms. The lowest BCUT2D eigenvalue weighted by molar-refractivity contribution is 0.0472. The van der Waals surface area contributed by atoms with Crippen LogP contribution in [0.3, 0.4) is 0 Å². The predicted molar refractivity (Wildman–Crippen MR) is 147 cm³/mol. The molecule has 3 aromatic rings. The van der Waals surface area contributed by atoms with Crippen molar-refractivity contribution >= 4 is 29.6 Å². The molecule has 1 saturated carbocycles. The van der Waals surface area contributed by atoms with Gasteiger partial charge in [0.1, 0.15) is 11.3 Å². The van der Waals surface area contributed by atoms with E-state index in [9.17, 15) is 9.90 Å². The monoisotopic (exact) mass is 503 g/mol. The van der Waals surface area contributed by atoms with E-state index < -0.39 is 0 Å². The molecule has 2 aromatic heterocycles. The number of aryl methyl sites for hydroxylation is 1. The number of imidazole rings is 1. The number of nitrogens with zero attached hydrogens (tertiary/aromatic N) is 4. The Morgan fingerprint density at radius 2 is 2.05 bits per heavy atom. The summed E-state index contributed by atoms with van der Waals surface area (Å²) in [7, 11) is 3.59. The number of fused-ring (bicyclic) bond motifs is 1. The fourth-order valence-electron chi connectivity index (χ4n) is 5.38. The molecule has 0 radical (unpaired) electrons. The Balaban J connectivity index is 1.63. The summed E-state index contributed by atoms with van der Waals surface area (Å²) >= 11 is 0. The number of nitrogens with two attached hydrogens (primary N) is 1. The topological polar surface area (TPSA) is 98.5 Å². The number of aliphatic hydroxyl groups is 1. The molecule has 2 fully saturated rings. The Bertz CT molecular complexity index is 1460. The maximum Gasteiger partial charge on any atom is 0.254 e. The number of aromatic nitrogens is 3. The van der Waals surface area contributed by atoms with Crippen molar-refractivity contribution in [2.75, 3.05) is 20.3 Å². The van der Waals surface area contributed by atoms with Gasteiger partial charge in [-0.3, -0.25) is 4.79 Å². The Morgan fingerprint density at radius 3 is 2.73 bits per heavy atom. The number of hydrogen-bond acceptors (Lipinski definition) is 5. The number of amides is 1. The minimum atomic E-state index is -0.235. The number of methoxy groups -OCH3 is 1. The third-order valence-corrected chi connectivity index (χ3v) is 7.69. The molecule has 5 rings (SSSR count). The van der Waals surface area contributed by atoms with Crippen molar-refractivity contribution in [3.8, 4) is 17.3 Å². The maximum absolute atomic E-state index is 13.6. The molecule has 1 aromatic carbocycles. The summed E-state index contributed by atoms with van der Waals surface area (Å²) in [4.78, 5) is 20.3. The van der Waals surface area contributed by atoms with Crippen LogP contribution in [0.5, 0.6) is 5.75 Å². The molecule has 1 amide bonds. The average molecular weight is 504 g/mol. The fraction of sp³-hybridized carbons (Fsp3) is 0.448. The van der Waals surface area contributed by atoms with Crippen LogP contribution in [0.15, 0.2) is 30.4 Å². The van der Waals surface area contributed by atoms with Crippen LogP contribution in [-0.2, 0) is 13.6 Å². The summed E-state index contributed by atoms with van der Waals surface area (Å²) in [6.07, 6.45) is 10.1. The number of piperidine rings is 1. The third-order valence-electron chi connectivity index (χ3n) is 7.69. The first-order valence-corrected chi connectivity index (χ1v) is 13.1. The summed E-state index contributed by atoms with van der Waals surface area (Å²) < 4.78 is 10.1. The number of hydrogen-bond donors (Lipinski definition) is 2. The highest BCUT2D eigenvalue weighted by Crippen LogP contribution is 2.34. The van der Waals surface area contributed by atoms with E-state index in [1.807, 2.05) is 36.8 Å². The van der Waals surface area contributed by atoms with Crippen LogP contribution in [0.2, 0.25) is 0 Å². The molecule has 2 atom stereocenters. The summed E-state index contributed by atoms with van der Waals surface area (Å²) in [6.45, 7) is 7.64. The van der Waals surface area contributed by atoms with E-state index in [1.54, 1.807) is 18.1 Å². The summed E-state index contributed by atoms with van der Waals surface area (Å²) in [5, 5.41) is 11.9. The first kappa shape index (κ1) is 25.3. The minimum Gasteiger partial charge on any atom is -0.494 e. The van der Waals surface area contributed by atoms with E-state index in [0.29, 0.717) is 35.7 Å². The van der Waals surface area contributed by atoms with E-state index in [2.05, 4.69) is 23.3 Å². The molecule has 0 spiro atoms. The highest BCUT2D eigenvalue weighted by molar-refractivity contribution is 6.00. The second-order valence-electron chi connectivity index (χ2n) is 10.4. The number of rotatable bonds is 7. The highest BCUT2D eigenvalue weighted by atomic mass is 16.5. The van der Waals surface area contributed by atoms with E-state index >= 15 is 0 Å². The van der Waals surface area contributed by atoms with Crippen molar-refractivity contribution in [1.82, 2.24) is 19.0 Å². The molecular weight excluding hydrogens is 466 g/mol. The summed E-state index contributed by atoms with van der Waals surface area (Å²) in [5.74, 6) is 1.89. The highest BCUT2D eigenvalue weighted by Gasteiger charge is 2.31. The van der Waals surface area contributed by atoms with Crippen LogP contribution in [0.25, 0.3) is 35.2 Å². The lowest BCUT2D eigenvalue weighted by Crippen LogP contribution is -2.52. The zero-order valence-electron chi connectivity index (χ0n) is 22.0. The number of benzene rings is 1. The molecule has 8 nitrogen and oxygen atoms in total. The van der Waals surface area contributed by atoms with Gasteiger partial charge in [0, 0.05) is 37.1 Å². The molecular formula is C29H37N5O3. The largest absolute Gasteiger partial charge is 0.494 e. The van der Waals surface area contributed by atoms with Crippen LogP contribution in [0.4, 0.5) is 0 Å². The SMILES string of the molecule is C=c1/c(=C\C=C/C)cc(-c2nc3cc(C(=O)N4C[C@@H](N)CCC4CO)cc(OC)c3n2C)n1CC1CC1. The molecule has 1 aliphatic heterocycles. The minimum absolute atomic E-state index is 0.0798. The zero-order valence-corrected chi connectivity index (χ0v) is 22.0. The number of carbonyl (C=O) groups excluding carboxylic acids is 1.